The van der Waals surface area contributed by atoms with Gasteiger partial charge in [-0.05, 0) is 19.5 Å². The third-order valence-electron chi connectivity index (χ3n) is 2.78. The number of ether oxygens (including phenoxy) is 1. The van der Waals surface area contributed by atoms with Crippen LogP contribution in [-0.4, -0.2) is 50.2 Å². The molecule has 0 aromatic carbocycles. The van der Waals surface area contributed by atoms with Gasteiger partial charge in [0.1, 0.15) is 6.04 Å². The number of nitrogens with one attached hydrogen (secondary N) is 1. The molecule has 0 amide bonds. The summed E-state index contributed by atoms with van der Waals surface area (Å²) in [6, 6.07) is -0.148. The molecule has 0 fully saturated rings. The minimum atomic E-state index is -0.151. The Balaban J connectivity index is 3.87. The Bertz CT molecular complexity index is 182. The summed E-state index contributed by atoms with van der Waals surface area (Å²) >= 11 is 0. The summed E-state index contributed by atoms with van der Waals surface area (Å²) in [5, 5.41) is 3.25. The first-order chi connectivity index (χ1) is 7.69. The van der Waals surface area contributed by atoms with Crippen LogP contribution in [0.15, 0.2) is 0 Å². The lowest BCUT2D eigenvalue weighted by molar-refractivity contribution is -0.143. The molecule has 0 aliphatic rings. The van der Waals surface area contributed by atoms with Gasteiger partial charge in [-0.15, -0.1) is 0 Å². The van der Waals surface area contributed by atoms with Gasteiger partial charge in [-0.3, -0.25) is 4.79 Å². The molecule has 0 saturated heterocycles. The van der Waals surface area contributed by atoms with E-state index in [2.05, 4.69) is 31.0 Å². The summed E-state index contributed by atoms with van der Waals surface area (Å²) in [5.74, 6) is -0.151. The van der Waals surface area contributed by atoms with Crippen LogP contribution in [0.25, 0.3) is 0 Å². The van der Waals surface area contributed by atoms with E-state index in [1.165, 1.54) is 7.11 Å². The number of nitrogens with zero attached hydrogens (tertiary/aromatic N) is 1. The van der Waals surface area contributed by atoms with E-state index in [4.69, 9.17) is 4.74 Å². The Labute approximate surface area is 99.3 Å². The Morgan fingerprint density at radius 3 is 2.38 bits per heavy atom. The van der Waals surface area contributed by atoms with Gasteiger partial charge in [0.15, 0.2) is 0 Å². The fraction of sp³-hybridized carbons (Fsp3) is 0.917. The van der Waals surface area contributed by atoms with Crippen molar-refractivity contribution in [1.29, 1.82) is 0 Å². The van der Waals surface area contributed by atoms with Crippen molar-refractivity contribution in [1.82, 2.24) is 10.2 Å². The average molecular weight is 230 g/mol. The van der Waals surface area contributed by atoms with E-state index < -0.39 is 0 Å². The molecule has 0 heterocycles. The molecule has 0 aromatic rings. The number of carbonyl (C=O) groups excluding carboxylic acids is 1. The fourth-order valence-electron chi connectivity index (χ4n) is 1.67. The number of rotatable bonds is 9. The Kier molecular flexibility index (Phi) is 9.24. The smallest absolute Gasteiger partial charge is 0.322 e. The van der Waals surface area contributed by atoms with Gasteiger partial charge in [-0.2, -0.15) is 0 Å². The number of hydrogen-bond donors (Lipinski definition) is 1. The van der Waals surface area contributed by atoms with Gasteiger partial charge in [0, 0.05) is 13.1 Å². The van der Waals surface area contributed by atoms with Crippen molar-refractivity contribution in [2.45, 2.75) is 39.7 Å². The van der Waals surface area contributed by atoms with Gasteiger partial charge < -0.3 is 15.0 Å². The minimum absolute atomic E-state index is 0.148. The van der Waals surface area contributed by atoms with E-state index in [1.807, 2.05) is 0 Å². The number of esters is 1. The second kappa shape index (κ2) is 9.60. The van der Waals surface area contributed by atoms with Crippen LogP contribution in [0.1, 0.15) is 33.6 Å². The monoisotopic (exact) mass is 230 g/mol. The van der Waals surface area contributed by atoms with Gasteiger partial charge in [0.2, 0.25) is 0 Å². The van der Waals surface area contributed by atoms with Crippen LogP contribution in [0.4, 0.5) is 0 Å². The van der Waals surface area contributed by atoms with Crippen LogP contribution in [0, 0.1) is 0 Å². The van der Waals surface area contributed by atoms with Crippen LogP contribution in [-0.2, 0) is 9.53 Å². The largest absolute Gasteiger partial charge is 0.468 e. The van der Waals surface area contributed by atoms with E-state index in [0.29, 0.717) is 0 Å². The minimum Gasteiger partial charge on any atom is -0.468 e. The molecule has 0 aliphatic carbocycles. The molecule has 1 atom stereocenters. The Morgan fingerprint density at radius 2 is 1.94 bits per heavy atom. The van der Waals surface area contributed by atoms with Gasteiger partial charge in [0.05, 0.1) is 7.11 Å². The molecule has 16 heavy (non-hydrogen) atoms. The Hall–Kier alpha value is -0.610. The highest BCUT2D eigenvalue weighted by molar-refractivity contribution is 5.75. The Morgan fingerprint density at radius 1 is 1.31 bits per heavy atom. The van der Waals surface area contributed by atoms with E-state index in [9.17, 15) is 4.79 Å². The van der Waals surface area contributed by atoms with Crippen molar-refractivity contribution in [3.05, 3.63) is 0 Å². The summed E-state index contributed by atoms with van der Waals surface area (Å²) in [6.45, 7) is 10.3. The number of carbonyl (C=O) groups is 1. The predicted molar refractivity (Wildman–Crippen MR) is 66.5 cm³/mol. The van der Waals surface area contributed by atoms with Crippen molar-refractivity contribution < 1.29 is 9.53 Å². The third kappa shape index (κ3) is 6.08. The number of hydrogen-bond acceptors (Lipinski definition) is 4. The van der Waals surface area contributed by atoms with Crippen LogP contribution < -0.4 is 5.32 Å². The van der Waals surface area contributed by atoms with Crippen LogP contribution in [0.3, 0.4) is 0 Å². The molecular weight excluding hydrogens is 204 g/mol. The van der Waals surface area contributed by atoms with Crippen LogP contribution in [0.2, 0.25) is 0 Å². The second-order valence-electron chi connectivity index (χ2n) is 3.85. The average Bonchev–Trinajstić information content (AvgIpc) is 2.32. The van der Waals surface area contributed by atoms with Crippen molar-refractivity contribution in [3.63, 3.8) is 0 Å². The van der Waals surface area contributed by atoms with Gasteiger partial charge in [0.25, 0.3) is 0 Å². The second-order valence-corrected chi connectivity index (χ2v) is 3.85. The highest BCUT2D eigenvalue weighted by atomic mass is 16.5. The molecule has 0 radical (unpaired) electrons. The van der Waals surface area contributed by atoms with E-state index in [1.54, 1.807) is 0 Å². The van der Waals surface area contributed by atoms with E-state index in [-0.39, 0.29) is 12.0 Å². The zero-order valence-corrected chi connectivity index (χ0v) is 11.1. The maximum Gasteiger partial charge on any atom is 0.322 e. The SMILES string of the molecule is CCCC(NCCN(CC)CC)C(=O)OC. The molecule has 0 saturated carbocycles. The van der Waals surface area contributed by atoms with E-state index >= 15 is 0 Å². The molecule has 4 nitrogen and oxygen atoms in total. The highest BCUT2D eigenvalue weighted by Gasteiger charge is 2.16. The summed E-state index contributed by atoms with van der Waals surface area (Å²) in [5.41, 5.74) is 0. The molecule has 0 spiro atoms. The molecular formula is C12H26N2O2. The first kappa shape index (κ1) is 15.4. The van der Waals surface area contributed by atoms with Crippen molar-refractivity contribution in [3.8, 4) is 0 Å². The van der Waals surface area contributed by atoms with Crippen LogP contribution >= 0.6 is 0 Å². The molecule has 4 heteroatoms. The van der Waals surface area contributed by atoms with E-state index in [0.717, 1.165) is 39.0 Å². The van der Waals surface area contributed by atoms with Crippen molar-refractivity contribution in [2.75, 3.05) is 33.3 Å². The lowest BCUT2D eigenvalue weighted by atomic mass is 10.1. The standard InChI is InChI=1S/C12H26N2O2/c1-5-8-11(12(15)16-4)13-9-10-14(6-2)7-3/h11,13H,5-10H2,1-4H3. The summed E-state index contributed by atoms with van der Waals surface area (Å²) in [7, 11) is 1.44. The first-order valence-corrected chi connectivity index (χ1v) is 6.23. The normalized spacial score (nSPS) is 12.8. The topological polar surface area (TPSA) is 41.6 Å². The highest BCUT2D eigenvalue weighted by Crippen LogP contribution is 1.98. The maximum absolute atomic E-state index is 11.4. The molecule has 0 rings (SSSR count). The zero-order valence-electron chi connectivity index (χ0n) is 11.1. The van der Waals surface area contributed by atoms with Crippen molar-refractivity contribution >= 4 is 5.97 Å². The number of likely N-dealkylation sites (N-methyl/N-ethyl adjacent to an activating group) is 1. The van der Waals surface area contributed by atoms with Gasteiger partial charge in [-0.1, -0.05) is 27.2 Å². The summed E-state index contributed by atoms with van der Waals surface area (Å²) in [4.78, 5) is 13.7. The van der Waals surface area contributed by atoms with Gasteiger partial charge >= 0.3 is 5.97 Å². The summed E-state index contributed by atoms with van der Waals surface area (Å²) in [6.07, 6.45) is 1.82. The molecule has 96 valence electrons. The number of methoxy groups -OCH3 is 1. The zero-order chi connectivity index (χ0) is 12.4. The van der Waals surface area contributed by atoms with Gasteiger partial charge in [-0.25, -0.2) is 0 Å². The molecule has 0 aliphatic heterocycles. The fourth-order valence-corrected chi connectivity index (χ4v) is 1.67. The summed E-state index contributed by atoms with van der Waals surface area (Å²) < 4.78 is 4.76. The molecule has 0 aromatic heterocycles. The van der Waals surface area contributed by atoms with Crippen molar-refractivity contribution in [2.24, 2.45) is 0 Å². The first-order valence-electron chi connectivity index (χ1n) is 6.23. The third-order valence-corrected chi connectivity index (χ3v) is 2.78. The molecule has 1 N–H and O–H groups in total. The van der Waals surface area contributed by atoms with Crippen LogP contribution in [0.5, 0.6) is 0 Å². The lowest BCUT2D eigenvalue weighted by Crippen LogP contribution is -2.41. The molecule has 1 unspecified atom stereocenters. The predicted octanol–water partition coefficient (Wildman–Crippen LogP) is 1.26. The lowest BCUT2D eigenvalue weighted by Gasteiger charge is -2.21. The molecule has 0 bridgehead atoms. The maximum atomic E-state index is 11.4. The quantitative estimate of drug-likeness (QED) is 0.606.